The Morgan fingerprint density at radius 2 is 2.11 bits per heavy atom. The monoisotopic (exact) mass is 383 g/mol. The molecule has 3 aromatic rings. The summed E-state index contributed by atoms with van der Waals surface area (Å²) in [4.78, 5) is 12.2. The number of allylic oxidation sites excluding steroid dienone is 1. The smallest absolute Gasteiger partial charge is 0.262 e. The number of carbonyl (C=O) groups excluding carboxylic acids is 1. The molecule has 1 heterocycles. The van der Waals surface area contributed by atoms with Gasteiger partial charge in [0.2, 0.25) is 0 Å². The number of tetrazole rings is 1. The summed E-state index contributed by atoms with van der Waals surface area (Å²) in [5.74, 6) is -0.199. The molecule has 1 amide bonds. The minimum absolute atomic E-state index is 0.00278. The van der Waals surface area contributed by atoms with E-state index in [0.29, 0.717) is 17.2 Å². The van der Waals surface area contributed by atoms with Crippen molar-refractivity contribution in [1.82, 2.24) is 20.2 Å². The van der Waals surface area contributed by atoms with Crippen LogP contribution >= 0.6 is 0 Å². The number of hydrogen-bond acceptors (Lipinski definition) is 6. The van der Waals surface area contributed by atoms with Gasteiger partial charge in [0.15, 0.2) is 18.1 Å². The molecular weight excluding hydrogens is 365 g/mol. The standard InChI is InChI=1S/C19H18FN5O3/c1-3-4-13-5-8-17(18(9-13)27-2)28-11-19(26)22-16-10-14(6-7-15(16)20)25-12-21-23-24-25/h3-10,12H,11H2,1-2H3,(H,22,26). The van der Waals surface area contributed by atoms with Crippen LogP contribution in [-0.2, 0) is 4.79 Å². The van der Waals surface area contributed by atoms with Crippen molar-refractivity contribution in [3.63, 3.8) is 0 Å². The Morgan fingerprint density at radius 3 is 2.82 bits per heavy atom. The summed E-state index contributed by atoms with van der Waals surface area (Å²) in [6.45, 7) is 1.60. The van der Waals surface area contributed by atoms with E-state index in [2.05, 4.69) is 20.8 Å². The van der Waals surface area contributed by atoms with Gasteiger partial charge in [-0.25, -0.2) is 9.07 Å². The Kier molecular flexibility index (Phi) is 5.95. The van der Waals surface area contributed by atoms with Gasteiger partial charge >= 0.3 is 0 Å². The predicted molar refractivity (Wildman–Crippen MR) is 101 cm³/mol. The van der Waals surface area contributed by atoms with Crippen molar-refractivity contribution in [3.8, 4) is 17.2 Å². The van der Waals surface area contributed by atoms with Crippen LogP contribution in [0.25, 0.3) is 11.8 Å². The number of ether oxygens (including phenoxy) is 2. The SMILES string of the molecule is CC=Cc1ccc(OCC(=O)Nc2cc(-n3cnnn3)ccc2F)c(OC)c1. The second-order valence-corrected chi connectivity index (χ2v) is 5.67. The molecular formula is C19H18FN5O3. The van der Waals surface area contributed by atoms with Gasteiger partial charge in [-0.15, -0.1) is 5.10 Å². The number of carbonyl (C=O) groups is 1. The third kappa shape index (κ3) is 4.50. The maximum absolute atomic E-state index is 14.0. The van der Waals surface area contributed by atoms with Gasteiger partial charge in [0, 0.05) is 0 Å². The molecule has 2 aromatic carbocycles. The van der Waals surface area contributed by atoms with E-state index < -0.39 is 11.7 Å². The highest BCUT2D eigenvalue weighted by molar-refractivity contribution is 5.92. The number of anilines is 1. The number of hydrogen-bond donors (Lipinski definition) is 1. The van der Waals surface area contributed by atoms with Crippen LogP contribution in [0.2, 0.25) is 0 Å². The quantitative estimate of drug-likeness (QED) is 0.675. The Labute approximate surface area is 160 Å². The molecule has 0 fully saturated rings. The first-order valence-electron chi connectivity index (χ1n) is 8.37. The summed E-state index contributed by atoms with van der Waals surface area (Å²) >= 11 is 0. The molecule has 144 valence electrons. The third-order valence-electron chi connectivity index (χ3n) is 3.74. The fourth-order valence-electron chi connectivity index (χ4n) is 2.46. The highest BCUT2D eigenvalue weighted by Crippen LogP contribution is 2.28. The Hall–Kier alpha value is -3.75. The van der Waals surface area contributed by atoms with Gasteiger partial charge in [0.25, 0.3) is 5.91 Å². The molecule has 1 aromatic heterocycles. The molecule has 0 spiro atoms. The lowest BCUT2D eigenvalue weighted by molar-refractivity contribution is -0.118. The lowest BCUT2D eigenvalue weighted by Crippen LogP contribution is -2.21. The summed E-state index contributed by atoms with van der Waals surface area (Å²) in [6.07, 6.45) is 5.19. The maximum atomic E-state index is 14.0. The van der Waals surface area contributed by atoms with E-state index >= 15 is 0 Å². The molecule has 0 bridgehead atoms. The van der Waals surface area contributed by atoms with E-state index in [9.17, 15) is 9.18 Å². The van der Waals surface area contributed by atoms with Crippen LogP contribution in [-0.4, -0.2) is 39.8 Å². The Balaban J connectivity index is 1.67. The van der Waals surface area contributed by atoms with Gasteiger partial charge in [-0.2, -0.15) is 0 Å². The summed E-state index contributed by atoms with van der Waals surface area (Å²) in [6, 6.07) is 9.48. The van der Waals surface area contributed by atoms with Crippen LogP contribution < -0.4 is 14.8 Å². The molecule has 8 nitrogen and oxygen atoms in total. The molecule has 0 unspecified atom stereocenters. The van der Waals surface area contributed by atoms with Gasteiger partial charge in [0.05, 0.1) is 18.5 Å². The zero-order chi connectivity index (χ0) is 19.9. The number of methoxy groups -OCH3 is 1. The van der Waals surface area contributed by atoms with Crippen LogP contribution in [0.1, 0.15) is 12.5 Å². The average molecular weight is 383 g/mol. The van der Waals surface area contributed by atoms with Crippen LogP contribution in [0.3, 0.4) is 0 Å². The molecule has 9 heteroatoms. The molecule has 0 aliphatic carbocycles. The molecule has 0 atom stereocenters. The van der Waals surface area contributed by atoms with Crippen LogP contribution in [0, 0.1) is 5.82 Å². The minimum Gasteiger partial charge on any atom is -0.493 e. The zero-order valence-electron chi connectivity index (χ0n) is 15.3. The average Bonchev–Trinajstić information content (AvgIpc) is 3.23. The highest BCUT2D eigenvalue weighted by Gasteiger charge is 2.12. The number of rotatable bonds is 7. The molecule has 3 rings (SSSR count). The van der Waals surface area contributed by atoms with Crippen molar-refractivity contribution < 1.29 is 18.7 Å². The van der Waals surface area contributed by atoms with Crippen molar-refractivity contribution in [1.29, 1.82) is 0 Å². The second-order valence-electron chi connectivity index (χ2n) is 5.67. The fraction of sp³-hybridized carbons (Fsp3) is 0.158. The summed E-state index contributed by atoms with van der Waals surface area (Å²) in [5.41, 5.74) is 1.44. The molecule has 1 N–H and O–H groups in total. The summed E-state index contributed by atoms with van der Waals surface area (Å²) < 4.78 is 26.2. The van der Waals surface area contributed by atoms with E-state index in [4.69, 9.17) is 9.47 Å². The van der Waals surface area contributed by atoms with Crippen molar-refractivity contribution in [2.75, 3.05) is 19.0 Å². The van der Waals surface area contributed by atoms with E-state index in [0.717, 1.165) is 5.56 Å². The van der Waals surface area contributed by atoms with E-state index in [1.165, 1.54) is 36.3 Å². The zero-order valence-corrected chi connectivity index (χ0v) is 15.3. The Morgan fingerprint density at radius 1 is 1.25 bits per heavy atom. The van der Waals surface area contributed by atoms with E-state index in [1.807, 2.05) is 25.1 Å². The summed E-state index contributed by atoms with van der Waals surface area (Å²) in [7, 11) is 1.52. The number of halogens is 1. The lowest BCUT2D eigenvalue weighted by atomic mass is 10.2. The first-order valence-corrected chi connectivity index (χ1v) is 8.37. The largest absolute Gasteiger partial charge is 0.493 e. The molecule has 0 aliphatic heterocycles. The summed E-state index contributed by atoms with van der Waals surface area (Å²) in [5, 5.41) is 13.3. The van der Waals surface area contributed by atoms with Crippen molar-refractivity contribution >= 4 is 17.7 Å². The molecule has 28 heavy (non-hydrogen) atoms. The lowest BCUT2D eigenvalue weighted by Gasteiger charge is -2.12. The van der Waals surface area contributed by atoms with Gasteiger partial charge in [0.1, 0.15) is 12.1 Å². The van der Waals surface area contributed by atoms with Crippen LogP contribution in [0.15, 0.2) is 48.8 Å². The first kappa shape index (κ1) is 19.0. The highest BCUT2D eigenvalue weighted by atomic mass is 19.1. The van der Waals surface area contributed by atoms with Crippen LogP contribution in [0.4, 0.5) is 10.1 Å². The van der Waals surface area contributed by atoms with Gasteiger partial charge in [-0.05, 0) is 53.2 Å². The number of aromatic nitrogens is 4. The van der Waals surface area contributed by atoms with Gasteiger partial charge in [-0.1, -0.05) is 18.2 Å². The topological polar surface area (TPSA) is 91.2 Å². The fourth-order valence-corrected chi connectivity index (χ4v) is 2.46. The van der Waals surface area contributed by atoms with E-state index in [1.54, 1.807) is 12.1 Å². The molecule has 0 aliphatic rings. The number of nitrogens with one attached hydrogen (secondary N) is 1. The van der Waals surface area contributed by atoms with Crippen molar-refractivity contribution in [3.05, 3.63) is 60.2 Å². The third-order valence-corrected chi connectivity index (χ3v) is 3.74. The van der Waals surface area contributed by atoms with Crippen molar-refractivity contribution in [2.45, 2.75) is 6.92 Å². The first-order chi connectivity index (χ1) is 13.6. The number of amides is 1. The maximum Gasteiger partial charge on any atom is 0.262 e. The molecule has 0 saturated heterocycles. The van der Waals surface area contributed by atoms with Gasteiger partial charge in [-0.3, -0.25) is 4.79 Å². The van der Waals surface area contributed by atoms with E-state index in [-0.39, 0.29) is 12.3 Å². The normalized spacial score (nSPS) is 10.8. The van der Waals surface area contributed by atoms with Crippen LogP contribution in [0.5, 0.6) is 11.5 Å². The van der Waals surface area contributed by atoms with Gasteiger partial charge < -0.3 is 14.8 Å². The molecule has 0 radical (unpaired) electrons. The van der Waals surface area contributed by atoms with Crippen molar-refractivity contribution in [2.24, 2.45) is 0 Å². The number of benzene rings is 2. The minimum atomic E-state index is -0.585. The second kappa shape index (κ2) is 8.76. The number of nitrogens with zero attached hydrogens (tertiary/aromatic N) is 4. The predicted octanol–water partition coefficient (Wildman–Crippen LogP) is 2.86. The Bertz CT molecular complexity index is 989. The molecule has 0 saturated carbocycles.